The molecule has 0 atom stereocenters. The number of hydrogen-bond donors (Lipinski definition) is 3. The van der Waals surface area contributed by atoms with E-state index in [1.165, 1.54) is 6.20 Å². The summed E-state index contributed by atoms with van der Waals surface area (Å²) in [6.45, 7) is 0. The first-order valence-electron chi connectivity index (χ1n) is 5.12. The van der Waals surface area contributed by atoms with Crippen LogP contribution < -0.4 is 11.2 Å². The van der Waals surface area contributed by atoms with Crippen LogP contribution in [0, 0.1) is 0 Å². The van der Waals surface area contributed by atoms with Crippen molar-refractivity contribution in [3.05, 3.63) is 32.6 Å². The predicted molar refractivity (Wildman–Crippen MR) is 57.5 cm³/mol. The van der Waals surface area contributed by atoms with Gasteiger partial charge in [0.1, 0.15) is 0 Å². The molecule has 0 spiro atoms. The van der Waals surface area contributed by atoms with Crippen molar-refractivity contribution in [3.63, 3.8) is 0 Å². The number of H-pyrrole nitrogens is 2. The van der Waals surface area contributed by atoms with Crippen LogP contribution in [0.15, 0.2) is 15.8 Å². The Morgan fingerprint density at radius 3 is 2.62 bits per heavy atom. The highest BCUT2D eigenvalue weighted by molar-refractivity contribution is 5.66. The number of aromatic nitrogens is 2. The lowest BCUT2D eigenvalue weighted by Gasteiger charge is -1.99. The van der Waals surface area contributed by atoms with Gasteiger partial charge in [0.05, 0.1) is 0 Å². The van der Waals surface area contributed by atoms with Crippen LogP contribution in [0.2, 0.25) is 0 Å². The predicted octanol–water partition coefficient (Wildman–Crippen LogP) is 0.251. The van der Waals surface area contributed by atoms with E-state index in [0.29, 0.717) is 18.4 Å². The van der Waals surface area contributed by atoms with Gasteiger partial charge in [0, 0.05) is 18.2 Å². The van der Waals surface area contributed by atoms with Gasteiger partial charge in [-0.1, -0.05) is 6.42 Å². The van der Waals surface area contributed by atoms with Crippen LogP contribution in [0.4, 0.5) is 0 Å². The normalized spacial score (nSPS) is 10.2. The summed E-state index contributed by atoms with van der Waals surface area (Å²) in [5, 5.41) is 8.41. The second-order valence-electron chi connectivity index (χ2n) is 3.55. The minimum atomic E-state index is -0.804. The lowest BCUT2D eigenvalue weighted by Crippen LogP contribution is -2.24. The Bertz CT molecular complexity index is 460. The monoisotopic (exact) mass is 226 g/mol. The molecule has 6 heteroatoms. The Morgan fingerprint density at radius 1 is 1.25 bits per heavy atom. The zero-order chi connectivity index (χ0) is 12.0. The Labute approximate surface area is 91.3 Å². The molecule has 88 valence electrons. The summed E-state index contributed by atoms with van der Waals surface area (Å²) < 4.78 is 0. The molecule has 0 amide bonds. The molecule has 0 bridgehead atoms. The molecule has 0 aliphatic carbocycles. The van der Waals surface area contributed by atoms with Crippen molar-refractivity contribution in [2.45, 2.75) is 32.1 Å². The summed E-state index contributed by atoms with van der Waals surface area (Å²) >= 11 is 0. The number of aliphatic carboxylic acids is 1. The fourth-order valence-electron chi connectivity index (χ4n) is 1.39. The molecule has 16 heavy (non-hydrogen) atoms. The lowest BCUT2D eigenvalue weighted by molar-refractivity contribution is -0.137. The van der Waals surface area contributed by atoms with Crippen LogP contribution in [0.3, 0.4) is 0 Å². The average Bonchev–Trinajstić information content (AvgIpc) is 2.20. The standard InChI is InChI=1S/C10H14N2O4/c13-8(14)5-3-1-2-4-7-6-11-10(16)12-9(7)15/h6H,1-5H2,(H,13,14)(H2,11,12,15,16). The number of rotatable bonds is 6. The van der Waals surface area contributed by atoms with E-state index >= 15 is 0 Å². The molecular formula is C10H14N2O4. The molecule has 0 unspecified atom stereocenters. The summed E-state index contributed by atoms with van der Waals surface area (Å²) in [6, 6.07) is 0. The number of nitrogens with one attached hydrogen (secondary N) is 2. The van der Waals surface area contributed by atoms with Gasteiger partial charge in [0.2, 0.25) is 0 Å². The van der Waals surface area contributed by atoms with Gasteiger partial charge in [-0.2, -0.15) is 0 Å². The Morgan fingerprint density at radius 2 is 2.00 bits per heavy atom. The van der Waals surface area contributed by atoms with Crippen LogP contribution in [0.1, 0.15) is 31.2 Å². The fourth-order valence-corrected chi connectivity index (χ4v) is 1.39. The van der Waals surface area contributed by atoms with Crippen LogP contribution in [-0.2, 0) is 11.2 Å². The van der Waals surface area contributed by atoms with Crippen LogP contribution >= 0.6 is 0 Å². The summed E-state index contributed by atoms with van der Waals surface area (Å²) in [5.41, 5.74) is -0.364. The number of aryl methyl sites for hydroxylation is 1. The van der Waals surface area contributed by atoms with Gasteiger partial charge in [-0.25, -0.2) is 4.79 Å². The Hall–Kier alpha value is -1.85. The third-order valence-corrected chi connectivity index (χ3v) is 2.23. The average molecular weight is 226 g/mol. The van der Waals surface area contributed by atoms with Gasteiger partial charge < -0.3 is 10.1 Å². The van der Waals surface area contributed by atoms with Crippen molar-refractivity contribution < 1.29 is 9.90 Å². The van der Waals surface area contributed by atoms with E-state index < -0.39 is 11.7 Å². The Kier molecular flexibility index (Phi) is 4.50. The molecular weight excluding hydrogens is 212 g/mol. The maximum atomic E-state index is 11.2. The highest BCUT2D eigenvalue weighted by Crippen LogP contribution is 2.03. The quantitative estimate of drug-likeness (QED) is 0.605. The first-order valence-corrected chi connectivity index (χ1v) is 5.12. The van der Waals surface area contributed by atoms with Gasteiger partial charge in [0.25, 0.3) is 5.56 Å². The minimum Gasteiger partial charge on any atom is -0.481 e. The van der Waals surface area contributed by atoms with E-state index in [9.17, 15) is 14.4 Å². The van der Waals surface area contributed by atoms with Crippen molar-refractivity contribution in [1.29, 1.82) is 0 Å². The molecule has 6 nitrogen and oxygen atoms in total. The van der Waals surface area contributed by atoms with Gasteiger partial charge in [-0.15, -0.1) is 0 Å². The molecule has 0 saturated heterocycles. The van der Waals surface area contributed by atoms with Gasteiger partial charge >= 0.3 is 11.7 Å². The lowest BCUT2D eigenvalue weighted by atomic mass is 10.1. The third-order valence-electron chi connectivity index (χ3n) is 2.23. The maximum Gasteiger partial charge on any atom is 0.325 e. The first-order chi connectivity index (χ1) is 7.59. The zero-order valence-electron chi connectivity index (χ0n) is 8.78. The number of carboxylic acids is 1. The van der Waals surface area contributed by atoms with Gasteiger partial charge in [0.15, 0.2) is 0 Å². The summed E-state index contributed by atoms with van der Waals surface area (Å²) in [5.74, 6) is -0.804. The first kappa shape index (κ1) is 12.2. The van der Waals surface area contributed by atoms with Crippen molar-refractivity contribution in [2.75, 3.05) is 0 Å². The molecule has 0 saturated carbocycles. The number of hydrogen-bond acceptors (Lipinski definition) is 3. The summed E-state index contributed by atoms with van der Waals surface area (Å²) in [7, 11) is 0. The van der Waals surface area contributed by atoms with E-state index in [4.69, 9.17) is 5.11 Å². The van der Waals surface area contributed by atoms with Crippen molar-refractivity contribution >= 4 is 5.97 Å². The molecule has 0 aliphatic rings. The molecule has 0 aromatic carbocycles. The topological polar surface area (TPSA) is 103 Å². The van der Waals surface area contributed by atoms with Crippen LogP contribution in [0.25, 0.3) is 0 Å². The molecule has 1 aromatic rings. The van der Waals surface area contributed by atoms with E-state index in [2.05, 4.69) is 9.97 Å². The van der Waals surface area contributed by atoms with E-state index in [0.717, 1.165) is 12.8 Å². The Balaban J connectivity index is 2.35. The third kappa shape index (κ3) is 4.12. The van der Waals surface area contributed by atoms with E-state index in [-0.39, 0.29) is 12.0 Å². The van der Waals surface area contributed by atoms with Crippen molar-refractivity contribution in [2.24, 2.45) is 0 Å². The summed E-state index contributed by atoms with van der Waals surface area (Å²) in [4.78, 5) is 36.7. The van der Waals surface area contributed by atoms with E-state index in [1.807, 2.05) is 0 Å². The zero-order valence-corrected chi connectivity index (χ0v) is 8.78. The number of unbranched alkanes of at least 4 members (excludes halogenated alkanes) is 2. The smallest absolute Gasteiger partial charge is 0.325 e. The summed E-state index contributed by atoms with van der Waals surface area (Å²) in [6.07, 6.45) is 4.20. The van der Waals surface area contributed by atoms with E-state index in [1.54, 1.807) is 0 Å². The highest BCUT2D eigenvalue weighted by Gasteiger charge is 2.01. The molecule has 1 aromatic heterocycles. The van der Waals surface area contributed by atoms with Gasteiger partial charge in [-0.3, -0.25) is 14.6 Å². The maximum absolute atomic E-state index is 11.2. The fraction of sp³-hybridized carbons (Fsp3) is 0.500. The molecule has 1 rings (SSSR count). The van der Waals surface area contributed by atoms with Gasteiger partial charge in [-0.05, 0) is 19.3 Å². The molecule has 0 aliphatic heterocycles. The largest absolute Gasteiger partial charge is 0.481 e. The number of carbonyl (C=O) groups is 1. The second-order valence-corrected chi connectivity index (χ2v) is 3.55. The van der Waals surface area contributed by atoms with Crippen molar-refractivity contribution in [3.8, 4) is 0 Å². The number of aromatic amines is 2. The highest BCUT2D eigenvalue weighted by atomic mass is 16.4. The molecule has 0 fully saturated rings. The second kappa shape index (κ2) is 5.89. The molecule has 3 N–H and O–H groups in total. The molecule has 1 heterocycles. The number of carboxylic acid groups (broad SMARTS) is 1. The van der Waals surface area contributed by atoms with Crippen LogP contribution in [-0.4, -0.2) is 21.0 Å². The SMILES string of the molecule is O=C(O)CCCCCc1c[nH]c(=O)[nH]c1=O. The van der Waals surface area contributed by atoms with Crippen LogP contribution in [0.5, 0.6) is 0 Å². The van der Waals surface area contributed by atoms with Crippen molar-refractivity contribution in [1.82, 2.24) is 9.97 Å². The molecule has 0 radical (unpaired) electrons. The minimum absolute atomic E-state index is 0.155.